The highest BCUT2D eigenvalue weighted by molar-refractivity contribution is 7.89. The molecule has 0 aliphatic heterocycles. The van der Waals surface area contributed by atoms with Crippen LogP contribution in [0, 0.1) is 11.3 Å². The normalized spacial score (nSPS) is 17.6. The second-order valence-corrected chi connectivity index (χ2v) is 7.16. The quantitative estimate of drug-likeness (QED) is 0.801. The molecule has 5 nitrogen and oxygen atoms in total. The number of sulfonamides is 1. The molecule has 0 amide bonds. The summed E-state index contributed by atoms with van der Waals surface area (Å²) in [6.45, 7) is 0. The summed E-state index contributed by atoms with van der Waals surface area (Å²) in [6.07, 6.45) is 7.62. The summed E-state index contributed by atoms with van der Waals surface area (Å²) in [4.78, 5) is 4.00. The molecule has 1 aliphatic carbocycles. The molecule has 1 aliphatic rings. The average Bonchev–Trinajstić information content (AvgIpc) is 2.75. The van der Waals surface area contributed by atoms with Crippen LogP contribution in [0.3, 0.4) is 0 Å². The Bertz CT molecular complexity index is 582. The van der Waals surface area contributed by atoms with Gasteiger partial charge in [-0.3, -0.25) is 0 Å². The van der Waals surface area contributed by atoms with Crippen molar-refractivity contribution in [2.24, 2.45) is 0 Å². The zero-order valence-electron chi connectivity index (χ0n) is 11.6. The Kier molecular flexibility index (Phi) is 4.73. The molecule has 1 aromatic heterocycles. The minimum atomic E-state index is -3.52. The highest BCUT2D eigenvalue weighted by Gasteiger charge is 2.28. The fraction of sp³-hybridized carbons (Fsp3) is 0.571. The molecular formula is C14H19N3O2S. The molecule has 0 spiro atoms. The maximum Gasteiger partial charge on any atom is 0.244 e. The van der Waals surface area contributed by atoms with Crippen molar-refractivity contribution >= 4 is 10.0 Å². The van der Waals surface area contributed by atoms with Gasteiger partial charge >= 0.3 is 0 Å². The smallest absolute Gasteiger partial charge is 0.244 e. The van der Waals surface area contributed by atoms with Gasteiger partial charge in [-0.1, -0.05) is 25.7 Å². The van der Waals surface area contributed by atoms with E-state index in [4.69, 9.17) is 5.26 Å². The maximum atomic E-state index is 12.5. The van der Waals surface area contributed by atoms with Crippen molar-refractivity contribution < 1.29 is 8.42 Å². The molecule has 2 rings (SSSR count). The van der Waals surface area contributed by atoms with Crippen LogP contribution in [0.25, 0.3) is 0 Å². The van der Waals surface area contributed by atoms with E-state index in [1.165, 1.54) is 35.5 Å². The summed E-state index contributed by atoms with van der Waals surface area (Å²) in [5, 5.41) is 8.70. The fourth-order valence-corrected chi connectivity index (χ4v) is 3.94. The Morgan fingerprint density at radius 2 is 1.90 bits per heavy atom. The highest BCUT2D eigenvalue weighted by atomic mass is 32.2. The lowest BCUT2D eigenvalue weighted by Gasteiger charge is -2.26. The van der Waals surface area contributed by atoms with Gasteiger partial charge in [0.15, 0.2) is 0 Å². The SMILES string of the molecule is CN(C1CCCCCC1)S(=O)(=O)c1ccc(C#N)nc1. The van der Waals surface area contributed by atoms with Crippen LogP contribution in [0.2, 0.25) is 0 Å². The maximum absolute atomic E-state index is 12.5. The Labute approximate surface area is 120 Å². The van der Waals surface area contributed by atoms with E-state index in [0.29, 0.717) is 0 Å². The molecule has 6 heteroatoms. The summed E-state index contributed by atoms with van der Waals surface area (Å²) in [6, 6.07) is 4.85. The molecule has 1 fully saturated rings. The molecule has 0 saturated heterocycles. The first-order chi connectivity index (χ1) is 9.55. The standard InChI is InChI=1S/C14H19N3O2S/c1-17(13-6-4-2-3-5-7-13)20(18,19)14-9-8-12(10-15)16-11-14/h8-9,11,13H,2-7H2,1H3. The van der Waals surface area contributed by atoms with Crippen LogP contribution in [-0.2, 0) is 10.0 Å². The van der Waals surface area contributed by atoms with Crippen LogP contribution in [0.4, 0.5) is 0 Å². The Morgan fingerprint density at radius 1 is 1.25 bits per heavy atom. The highest BCUT2D eigenvalue weighted by Crippen LogP contribution is 2.25. The third-order valence-corrected chi connectivity index (χ3v) is 5.76. The van der Waals surface area contributed by atoms with Gasteiger partial charge in [0.25, 0.3) is 0 Å². The lowest BCUT2D eigenvalue weighted by Crippen LogP contribution is -2.36. The van der Waals surface area contributed by atoms with E-state index in [0.717, 1.165) is 25.7 Å². The van der Waals surface area contributed by atoms with Crippen molar-refractivity contribution in [1.82, 2.24) is 9.29 Å². The van der Waals surface area contributed by atoms with Crippen LogP contribution >= 0.6 is 0 Å². The van der Waals surface area contributed by atoms with E-state index < -0.39 is 10.0 Å². The third-order valence-electron chi connectivity index (χ3n) is 3.87. The number of pyridine rings is 1. The van der Waals surface area contributed by atoms with Gasteiger partial charge in [-0.05, 0) is 25.0 Å². The van der Waals surface area contributed by atoms with E-state index in [-0.39, 0.29) is 16.6 Å². The molecule has 0 unspecified atom stereocenters. The number of hydrogen-bond acceptors (Lipinski definition) is 4. The van der Waals surface area contributed by atoms with Crippen molar-refractivity contribution in [2.45, 2.75) is 49.5 Å². The predicted molar refractivity (Wildman–Crippen MR) is 75.4 cm³/mol. The summed E-state index contributed by atoms with van der Waals surface area (Å²) in [7, 11) is -1.88. The Morgan fingerprint density at radius 3 is 2.40 bits per heavy atom. The lowest BCUT2D eigenvalue weighted by molar-refractivity contribution is 0.335. The molecular weight excluding hydrogens is 274 g/mol. The van der Waals surface area contributed by atoms with Crippen molar-refractivity contribution in [3.05, 3.63) is 24.0 Å². The molecule has 1 saturated carbocycles. The molecule has 108 valence electrons. The summed E-state index contributed by atoms with van der Waals surface area (Å²) in [5.41, 5.74) is 0.223. The van der Waals surface area contributed by atoms with Gasteiger partial charge in [0.1, 0.15) is 16.7 Å². The molecule has 0 radical (unpaired) electrons. The van der Waals surface area contributed by atoms with Gasteiger partial charge < -0.3 is 0 Å². The minimum absolute atomic E-state index is 0.0677. The molecule has 1 aromatic rings. The molecule has 1 heterocycles. The average molecular weight is 293 g/mol. The van der Waals surface area contributed by atoms with Crippen LogP contribution in [0.15, 0.2) is 23.2 Å². The first kappa shape index (κ1) is 14.9. The first-order valence-electron chi connectivity index (χ1n) is 6.90. The van der Waals surface area contributed by atoms with Crippen molar-refractivity contribution in [3.63, 3.8) is 0 Å². The van der Waals surface area contributed by atoms with Gasteiger partial charge in [-0.15, -0.1) is 0 Å². The van der Waals surface area contributed by atoms with Crippen LogP contribution < -0.4 is 0 Å². The van der Waals surface area contributed by atoms with Crippen LogP contribution in [-0.4, -0.2) is 30.8 Å². The molecule has 0 N–H and O–H groups in total. The number of aromatic nitrogens is 1. The summed E-state index contributed by atoms with van der Waals surface area (Å²) in [5.74, 6) is 0. The Hall–Kier alpha value is -1.45. The van der Waals surface area contributed by atoms with E-state index in [9.17, 15) is 8.42 Å². The van der Waals surface area contributed by atoms with Crippen LogP contribution in [0.1, 0.15) is 44.2 Å². The van der Waals surface area contributed by atoms with E-state index in [2.05, 4.69) is 4.98 Å². The topological polar surface area (TPSA) is 74.1 Å². The van der Waals surface area contributed by atoms with Crippen molar-refractivity contribution in [2.75, 3.05) is 7.05 Å². The monoisotopic (exact) mass is 293 g/mol. The zero-order valence-corrected chi connectivity index (χ0v) is 12.4. The molecule has 0 bridgehead atoms. The summed E-state index contributed by atoms with van der Waals surface area (Å²) >= 11 is 0. The van der Waals surface area contributed by atoms with Gasteiger partial charge in [0.05, 0.1) is 0 Å². The van der Waals surface area contributed by atoms with E-state index in [1.54, 1.807) is 7.05 Å². The molecule has 0 aromatic carbocycles. The minimum Gasteiger partial charge on any atom is -0.244 e. The van der Waals surface area contributed by atoms with Gasteiger partial charge in [0, 0.05) is 19.3 Å². The second kappa shape index (κ2) is 6.33. The number of nitriles is 1. The third kappa shape index (κ3) is 3.17. The van der Waals surface area contributed by atoms with Crippen molar-refractivity contribution in [3.8, 4) is 6.07 Å². The zero-order chi connectivity index (χ0) is 14.6. The van der Waals surface area contributed by atoms with Gasteiger partial charge in [-0.2, -0.15) is 9.57 Å². The van der Waals surface area contributed by atoms with E-state index in [1.807, 2.05) is 6.07 Å². The fourth-order valence-electron chi connectivity index (χ4n) is 2.58. The molecule has 20 heavy (non-hydrogen) atoms. The molecule has 0 atom stereocenters. The van der Waals surface area contributed by atoms with Crippen molar-refractivity contribution in [1.29, 1.82) is 5.26 Å². The number of hydrogen-bond donors (Lipinski definition) is 0. The Balaban J connectivity index is 2.21. The lowest BCUT2D eigenvalue weighted by atomic mass is 10.1. The number of nitrogens with zero attached hydrogens (tertiary/aromatic N) is 3. The van der Waals surface area contributed by atoms with Gasteiger partial charge in [0.2, 0.25) is 10.0 Å². The first-order valence-corrected chi connectivity index (χ1v) is 8.34. The van der Waals surface area contributed by atoms with Crippen LogP contribution in [0.5, 0.6) is 0 Å². The summed E-state index contributed by atoms with van der Waals surface area (Å²) < 4.78 is 26.6. The van der Waals surface area contributed by atoms with E-state index >= 15 is 0 Å². The second-order valence-electron chi connectivity index (χ2n) is 5.16. The predicted octanol–water partition coefficient (Wildman–Crippen LogP) is 2.30. The van der Waals surface area contributed by atoms with Gasteiger partial charge in [-0.25, -0.2) is 13.4 Å². The largest absolute Gasteiger partial charge is 0.244 e. The number of rotatable bonds is 3.